The average molecular weight is 434 g/mol. The maximum absolute atomic E-state index is 13.3. The number of ketones is 1. The van der Waals surface area contributed by atoms with Gasteiger partial charge in [0, 0.05) is 30.1 Å². The number of rotatable bonds is 5. The Balaban J connectivity index is 1.76. The number of allylic oxidation sites excluding steroid dienone is 2. The normalized spacial score (nSPS) is 21.7. The molecule has 0 saturated carbocycles. The number of thiazole rings is 1. The van der Waals surface area contributed by atoms with Crippen LogP contribution in [0.2, 0.25) is 4.47 Å². The second-order valence-electron chi connectivity index (χ2n) is 6.69. The Kier molecular flexibility index (Phi) is 5.60. The number of carbonyl (C=O) groups excluding carboxylic acids is 1. The van der Waals surface area contributed by atoms with E-state index in [1.807, 2.05) is 17.1 Å². The molecule has 1 aromatic heterocycles. The van der Waals surface area contributed by atoms with E-state index in [0.29, 0.717) is 40.2 Å². The molecule has 1 fully saturated rings. The van der Waals surface area contributed by atoms with Gasteiger partial charge in [0.25, 0.3) is 0 Å². The number of ether oxygens (including phenoxy) is 2. The van der Waals surface area contributed by atoms with Crippen molar-refractivity contribution in [3.8, 4) is 11.5 Å². The molecule has 3 heterocycles. The van der Waals surface area contributed by atoms with Crippen LogP contribution in [0.1, 0.15) is 16.5 Å². The standard InChI is InChI=1S/C20H20ClN3O4S/c1-27-13-7-12(8-14(9-13)28-2)18-19(25)16-5-3-4-6-23(16)17(24(18)26)10-15-11-22-20(21)29-15/h3-5,7-9,11,17-18,26H,6,10H2,1-2H3. The van der Waals surface area contributed by atoms with Gasteiger partial charge in [-0.25, -0.2) is 4.98 Å². The highest BCUT2D eigenvalue weighted by molar-refractivity contribution is 7.15. The van der Waals surface area contributed by atoms with Crippen LogP contribution in [-0.4, -0.2) is 52.9 Å². The third kappa shape index (κ3) is 3.76. The molecule has 152 valence electrons. The van der Waals surface area contributed by atoms with E-state index >= 15 is 0 Å². The summed E-state index contributed by atoms with van der Waals surface area (Å²) >= 11 is 7.34. The minimum Gasteiger partial charge on any atom is -0.497 e. The zero-order chi connectivity index (χ0) is 20.5. The van der Waals surface area contributed by atoms with Gasteiger partial charge in [-0.2, -0.15) is 5.06 Å². The monoisotopic (exact) mass is 433 g/mol. The van der Waals surface area contributed by atoms with Crippen LogP contribution in [0.15, 0.2) is 48.3 Å². The quantitative estimate of drug-likeness (QED) is 0.773. The molecule has 2 aromatic rings. The van der Waals surface area contributed by atoms with Crippen molar-refractivity contribution in [2.75, 3.05) is 20.8 Å². The van der Waals surface area contributed by atoms with Crippen molar-refractivity contribution < 1.29 is 19.5 Å². The number of hydroxylamine groups is 2. The summed E-state index contributed by atoms with van der Waals surface area (Å²) in [5, 5.41) is 12.3. The smallest absolute Gasteiger partial charge is 0.202 e. The third-order valence-corrected chi connectivity index (χ3v) is 6.17. The summed E-state index contributed by atoms with van der Waals surface area (Å²) in [6.45, 7) is 0.528. The molecule has 0 bridgehead atoms. The van der Waals surface area contributed by atoms with Crippen LogP contribution >= 0.6 is 22.9 Å². The van der Waals surface area contributed by atoms with Gasteiger partial charge in [-0.15, -0.1) is 11.3 Å². The number of carbonyl (C=O) groups is 1. The SMILES string of the molecule is COc1cc(OC)cc(C2C(=O)C3=CC=CCN3C(Cc3cnc(Cl)s3)N2O)c1. The van der Waals surface area contributed by atoms with Crippen LogP contribution in [-0.2, 0) is 11.2 Å². The van der Waals surface area contributed by atoms with Crippen LogP contribution < -0.4 is 9.47 Å². The van der Waals surface area contributed by atoms with E-state index in [1.165, 1.54) is 11.3 Å². The molecule has 4 rings (SSSR count). The highest BCUT2D eigenvalue weighted by Gasteiger charge is 2.44. The predicted molar refractivity (Wildman–Crippen MR) is 109 cm³/mol. The summed E-state index contributed by atoms with van der Waals surface area (Å²) in [7, 11) is 3.09. The van der Waals surface area contributed by atoms with E-state index in [-0.39, 0.29) is 5.78 Å². The fraction of sp³-hybridized carbons (Fsp3) is 0.300. The number of methoxy groups -OCH3 is 2. The summed E-state index contributed by atoms with van der Waals surface area (Å²) in [6.07, 6.45) is 7.31. The molecule has 7 nitrogen and oxygen atoms in total. The first-order valence-electron chi connectivity index (χ1n) is 9.00. The molecule has 0 spiro atoms. The largest absolute Gasteiger partial charge is 0.497 e. The van der Waals surface area contributed by atoms with Gasteiger partial charge in [0.05, 0.1) is 19.9 Å². The van der Waals surface area contributed by atoms with Crippen molar-refractivity contribution in [3.05, 3.63) is 63.2 Å². The molecule has 2 atom stereocenters. The van der Waals surface area contributed by atoms with Gasteiger partial charge in [-0.3, -0.25) is 4.79 Å². The molecule has 1 saturated heterocycles. The van der Waals surface area contributed by atoms with Gasteiger partial charge in [0.15, 0.2) is 4.47 Å². The second-order valence-corrected chi connectivity index (χ2v) is 8.39. The molecule has 1 N–H and O–H groups in total. The lowest BCUT2D eigenvalue weighted by Gasteiger charge is -2.46. The first-order valence-corrected chi connectivity index (χ1v) is 10.2. The number of aromatic nitrogens is 1. The van der Waals surface area contributed by atoms with Crippen molar-refractivity contribution in [1.82, 2.24) is 14.9 Å². The first kappa shape index (κ1) is 19.9. The topological polar surface area (TPSA) is 75.1 Å². The highest BCUT2D eigenvalue weighted by Crippen LogP contribution is 2.39. The predicted octanol–water partition coefficient (Wildman–Crippen LogP) is 3.45. The number of Topliss-reactive ketones (excluding diaryl/α,β-unsaturated/α-hetero) is 1. The summed E-state index contributed by atoms with van der Waals surface area (Å²) in [4.78, 5) is 20.2. The molecule has 0 radical (unpaired) electrons. The average Bonchev–Trinajstić information content (AvgIpc) is 3.15. The van der Waals surface area contributed by atoms with Gasteiger partial charge in [-0.05, 0) is 23.8 Å². The van der Waals surface area contributed by atoms with E-state index in [2.05, 4.69) is 4.98 Å². The Morgan fingerprint density at radius 3 is 2.62 bits per heavy atom. The fourth-order valence-corrected chi connectivity index (χ4v) is 4.67. The van der Waals surface area contributed by atoms with E-state index in [0.717, 1.165) is 9.94 Å². The van der Waals surface area contributed by atoms with Crippen molar-refractivity contribution >= 4 is 28.7 Å². The summed E-state index contributed by atoms with van der Waals surface area (Å²) < 4.78 is 11.1. The number of benzene rings is 1. The Morgan fingerprint density at radius 2 is 2.00 bits per heavy atom. The van der Waals surface area contributed by atoms with Crippen molar-refractivity contribution in [3.63, 3.8) is 0 Å². The lowest BCUT2D eigenvalue weighted by Crippen LogP contribution is -2.57. The minimum atomic E-state index is -0.888. The summed E-state index contributed by atoms with van der Waals surface area (Å²) in [5.41, 5.74) is 1.15. The molecule has 1 aromatic carbocycles. The molecule has 9 heteroatoms. The van der Waals surface area contributed by atoms with Crippen LogP contribution in [0.5, 0.6) is 11.5 Å². The number of hydrogen-bond donors (Lipinski definition) is 1. The Labute approximate surface area is 177 Å². The first-order chi connectivity index (χ1) is 14.0. The second kappa shape index (κ2) is 8.16. The van der Waals surface area contributed by atoms with Gasteiger partial charge < -0.3 is 19.6 Å². The van der Waals surface area contributed by atoms with Crippen LogP contribution in [0.3, 0.4) is 0 Å². The van der Waals surface area contributed by atoms with Gasteiger partial charge in [0.2, 0.25) is 5.78 Å². The molecule has 0 amide bonds. The molecular weight excluding hydrogens is 414 g/mol. The van der Waals surface area contributed by atoms with E-state index in [1.54, 1.807) is 44.7 Å². The number of halogens is 1. The van der Waals surface area contributed by atoms with E-state index in [9.17, 15) is 10.0 Å². The molecular formula is C20H20ClN3O4S. The van der Waals surface area contributed by atoms with Gasteiger partial charge in [0.1, 0.15) is 23.7 Å². The molecule has 2 unspecified atom stereocenters. The maximum Gasteiger partial charge on any atom is 0.202 e. The molecule has 29 heavy (non-hydrogen) atoms. The Bertz CT molecular complexity index is 968. The third-order valence-electron chi connectivity index (χ3n) is 5.03. The zero-order valence-electron chi connectivity index (χ0n) is 15.9. The molecule has 2 aliphatic rings. The van der Waals surface area contributed by atoms with Crippen molar-refractivity contribution in [1.29, 1.82) is 0 Å². The van der Waals surface area contributed by atoms with Crippen LogP contribution in [0.25, 0.3) is 0 Å². The Morgan fingerprint density at radius 1 is 1.28 bits per heavy atom. The molecule has 2 aliphatic heterocycles. The highest BCUT2D eigenvalue weighted by atomic mass is 35.5. The number of nitrogens with zero attached hydrogens (tertiary/aromatic N) is 3. The minimum absolute atomic E-state index is 0.189. The van der Waals surface area contributed by atoms with E-state index in [4.69, 9.17) is 21.1 Å². The van der Waals surface area contributed by atoms with Crippen LogP contribution in [0, 0.1) is 0 Å². The van der Waals surface area contributed by atoms with Gasteiger partial charge in [-0.1, -0.05) is 23.8 Å². The summed E-state index contributed by atoms with van der Waals surface area (Å²) in [5.74, 6) is 0.906. The molecule has 0 aliphatic carbocycles. The lowest BCUT2D eigenvalue weighted by molar-refractivity contribution is -0.209. The fourth-order valence-electron chi connectivity index (χ4n) is 3.66. The number of hydrogen-bond acceptors (Lipinski definition) is 8. The van der Waals surface area contributed by atoms with Crippen molar-refractivity contribution in [2.24, 2.45) is 0 Å². The van der Waals surface area contributed by atoms with Gasteiger partial charge >= 0.3 is 0 Å². The maximum atomic E-state index is 13.3. The number of fused-ring (bicyclic) bond motifs is 1. The summed E-state index contributed by atoms with van der Waals surface area (Å²) in [6, 6.07) is 4.32. The van der Waals surface area contributed by atoms with Crippen molar-refractivity contribution in [2.45, 2.75) is 18.6 Å². The lowest BCUT2D eigenvalue weighted by atomic mass is 9.93. The van der Waals surface area contributed by atoms with Crippen LogP contribution in [0.4, 0.5) is 0 Å². The zero-order valence-corrected chi connectivity index (χ0v) is 17.5. The van der Waals surface area contributed by atoms with E-state index < -0.39 is 12.2 Å². The Hall–Kier alpha value is -2.39.